The van der Waals surface area contributed by atoms with Gasteiger partial charge in [0.05, 0.1) is 31.5 Å². The molecule has 36 heavy (non-hydrogen) atoms. The molecule has 0 spiro atoms. The largest absolute Gasteiger partial charge is 0.493 e. The van der Waals surface area contributed by atoms with Crippen LogP contribution in [-0.2, 0) is 9.53 Å². The summed E-state index contributed by atoms with van der Waals surface area (Å²) in [5.74, 6) is 2.04. The fourth-order valence-electron chi connectivity index (χ4n) is 4.93. The summed E-state index contributed by atoms with van der Waals surface area (Å²) in [6, 6.07) is 13.2. The first-order valence-electron chi connectivity index (χ1n) is 11.9. The van der Waals surface area contributed by atoms with Crippen LogP contribution in [0.4, 0.5) is 16.2 Å². The number of cyclic esters (lactones) is 1. The van der Waals surface area contributed by atoms with Crippen LogP contribution in [0.3, 0.4) is 0 Å². The Bertz CT molecular complexity index is 1350. The van der Waals surface area contributed by atoms with E-state index in [-0.39, 0.29) is 24.5 Å². The van der Waals surface area contributed by atoms with Crippen molar-refractivity contribution in [2.45, 2.75) is 18.4 Å². The third-order valence-electron chi connectivity index (χ3n) is 6.72. The Labute approximate surface area is 207 Å². The van der Waals surface area contributed by atoms with Crippen molar-refractivity contribution in [2.75, 3.05) is 50.2 Å². The summed E-state index contributed by atoms with van der Waals surface area (Å²) < 4.78 is 22.2. The van der Waals surface area contributed by atoms with E-state index in [0.29, 0.717) is 42.7 Å². The first kappa shape index (κ1) is 22.4. The molecule has 0 radical (unpaired) electrons. The molecule has 3 aliphatic heterocycles. The van der Waals surface area contributed by atoms with Crippen molar-refractivity contribution in [3.05, 3.63) is 48.0 Å². The van der Waals surface area contributed by atoms with E-state index < -0.39 is 6.09 Å². The number of methoxy groups -OCH3 is 1. The Morgan fingerprint density at radius 2 is 2.00 bits per heavy atom. The minimum absolute atomic E-state index is 0.00859. The molecule has 0 saturated carbocycles. The SMILES string of the molecule is COc1ccc2ccc3c(c2n1)[C@@H](CCNC[C@@H]1CN(c2ccc4c(c2)NC(=O)CO4)C(=O)O1)CO3. The highest BCUT2D eigenvalue weighted by atomic mass is 16.6. The van der Waals surface area contributed by atoms with E-state index in [4.69, 9.17) is 18.9 Å². The Kier molecular flexibility index (Phi) is 5.73. The predicted octanol–water partition coefficient (Wildman–Crippen LogP) is 3.06. The molecule has 0 aliphatic carbocycles. The topological polar surface area (TPSA) is 111 Å². The molecule has 0 unspecified atom stereocenters. The second-order valence-corrected chi connectivity index (χ2v) is 9.04. The summed E-state index contributed by atoms with van der Waals surface area (Å²) in [4.78, 5) is 30.3. The summed E-state index contributed by atoms with van der Waals surface area (Å²) in [5.41, 5.74) is 3.25. The van der Waals surface area contributed by atoms with E-state index in [2.05, 4.69) is 15.6 Å². The van der Waals surface area contributed by atoms with Crippen LogP contribution in [0.5, 0.6) is 17.4 Å². The van der Waals surface area contributed by atoms with E-state index in [1.165, 1.54) is 0 Å². The molecule has 2 atom stereocenters. The molecule has 3 aliphatic rings. The van der Waals surface area contributed by atoms with Crippen molar-refractivity contribution >= 4 is 34.3 Å². The molecule has 0 bridgehead atoms. The van der Waals surface area contributed by atoms with Gasteiger partial charge in [-0.2, -0.15) is 0 Å². The molecule has 3 aromatic rings. The molecule has 1 fully saturated rings. The molecule has 1 saturated heterocycles. The van der Waals surface area contributed by atoms with Crippen LogP contribution >= 0.6 is 0 Å². The normalized spacial score (nSPS) is 20.3. The number of fused-ring (bicyclic) bond motifs is 4. The Balaban J connectivity index is 1.05. The monoisotopic (exact) mass is 490 g/mol. The number of hydrogen-bond donors (Lipinski definition) is 2. The van der Waals surface area contributed by atoms with Gasteiger partial charge in [-0.3, -0.25) is 9.69 Å². The minimum atomic E-state index is -0.408. The number of anilines is 2. The van der Waals surface area contributed by atoms with Gasteiger partial charge in [-0.25, -0.2) is 9.78 Å². The summed E-state index contributed by atoms with van der Waals surface area (Å²) in [6.07, 6.45) is 0.174. The smallest absolute Gasteiger partial charge is 0.414 e. The van der Waals surface area contributed by atoms with Crippen molar-refractivity contribution in [2.24, 2.45) is 0 Å². The molecule has 4 heterocycles. The van der Waals surface area contributed by atoms with Gasteiger partial charge in [0.15, 0.2) is 6.61 Å². The van der Waals surface area contributed by atoms with Crippen LogP contribution in [0.2, 0.25) is 0 Å². The molecule has 10 nitrogen and oxygen atoms in total. The van der Waals surface area contributed by atoms with Crippen LogP contribution in [0, 0.1) is 0 Å². The highest BCUT2D eigenvalue weighted by molar-refractivity contribution is 5.97. The number of pyridine rings is 1. The van der Waals surface area contributed by atoms with Gasteiger partial charge in [-0.1, -0.05) is 0 Å². The predicted molar refractivity (Wildman–Crippen MR) is 132 cm³/mol. The maximum absolute atomic E-state index is 12.5. The summed E-state index contributed by atoms with van der Waals surface area (Å²) >= 11 is 0. The van der Waals surface area contributed by atoms with E-state index >= 15 is 0 Å². The lowest BCUT2D eigenvalue weighted by atomic mass is 9.95. The van der Waals surface area contributed by atoms with E-state index in [0.717, 1.165) is 35.2 Å². The summed E-state index contributed by atoms with van der Waals surface area (Å²) in [6.45, 7) is 2.30. The van der Waals surface area contributed by atoms with Crippen molar-refractivity contribution in [3.8, 4) is 17.4 Å². The van der Waals surface area contributed by atoms with Gasteiger partial charge in [-0.05, 0) is 49.4 Å². The number of ether oxygens (including phenoxy) is 4. The first-order chi connectivity index (χ1) is 17.6. The second-order valence-electron chi connectivity index (χ2n) is 9.04. The molecular formula is C26H26N4O6. The number of rotatable bonds is 7. The van der Waals surface area contributed by atoms with Gasteiger partial charge in [0.25, 0.3) is 5.91 Å². The standard InChI is InChI=1S/C26H26N4O6/c1-33-23-7-3-15-2-5-21-24(25(15)29-23)16(13-34-21)8-9-27-11-18-12-30(26(32)36-18)17-4-6-20-19(10-17)28-22(31)14-35-20/h2-7,10,16,18,27H,8-9,11-14H2,1H3,(H,28,31)/t16-,18+/m0/s1. The molecule has 186 valence electrons. The molecular weight excluding hydrogens is 464 g/mol. The number of carbonyl (C=O) groups excluding carboxylic acids is 2. The average Bonchev–Trinajstić information content (AvgIpc) is 3.49. The lowest BCUT2D eigenvalue weighted by Gasteiger charge is -2.20. The minimum Gasteiger partial charge on any atom is -0.493 e. The number of amides is 2. The number of nitrogens with one attached hydrogen (secondary N) is 2. The fraction of sp³-hybridized carbons (Fsp3) is 0.346. The first-order valence-corrected chi connectivity index (χ1v) is 11.9. The molecule has 6 rings (SSSR count). The van der Waals surface area contributed by atoms with Crippen LogP contribution < -0.4 is 29.7 Å². The Morgan fingerprint density at radius 1 is 1.14 bits per heavy atom. The number of aromatic nitrogens is 1. The van der Waals surface area contributed by atoms with E-state index in [9.17, 15) is 9.59 Å². The number of hydrogen-bond acceptors (Lipinski definition) is 8. The lowest BCUT2D eigenvalue weighted by molar-refractivity contribution is -0.118. The van der Waals surface area contributed by atoms with Gasteiger partial charge in [0, 0.05) is 35.2 Å². The molecule has 2 N–H and O–H groups in total. The van der Waals surface area contributed by atoms with Crippen molar-refractivity contribution < 1.29 is 28.5 Å². The zero-order valence-corrected chi connectivity index (χ0v) is 19.8. The van der Waals surface area contributed by atoms with E-state index in [1.807, 2.05) is 24.3 Å². The highest BCUT2D eigenvalue weighted by Crippen LogP contribution is 2.40. The molecule has 2 amide bonds. The van der Waals surface area contributed by atoms with Crippen LogP contribution in [0.25, 0.3) is 10.9 Å². The number of benzene rings is 2. The maximum Gasteiger partial charge on any atom is 0.414 e. The van der Waals surface area contributed by atoms with Gasteiger partial charge in [0.2, 0.25) is 5.88 Å². The second kappa shape index (κ2) is 9.19. The Hall–Kier alpha value is -4.05. The van der Waals surface area contributed by atoms with Gasteiger partial charge >= 0.3 is 6.09 Å². The third-order valence-corrected chi connectivity index (χ3v) is 6.72. The third kappa shape index (κ3) is 4.13. The summed E-state index contributed by atoms with van der Waals surface area (Å²) in [5, 5.41) is 7.25. The number of carbonyl (C=O) groups is 2. The molecule has 10 heteroatoms. The van der Waals surface area contributed by atoms with Crippen molar-refractivity contribution in [3.63, 3.8) is 0 Å². The highest BCUT2D eigenvalue weighted by Gasteiger charge is 2.33. The quantitative estimate of drug-likeness (QED) is 0.486. The zero-order valence-electron chi connectivity index (χ0n) is 19.8. The van der Waals surface area contributed by atoms with E-state index in [1.54, 1.807) is 30.2 Å². The summed E-state index contributed by atoms with van der Waals surface area (Å²) in [7, 11) is 1.62. The van der Waals surface area contributed by atoms with Crippen LogP contribution in [-0.4, -0.2) is 63.0 Å². The molecule has 1 aromatic heterocycles. The Morgan fingerprint density at radius 3 is 2.89 bits per heavy atom. The van der Waals surface area contributed by atoms with Crippen LogP contribution in [0.1, 0.15) is 17.9 Å². The zero-order chi connectivity index (χ0) is 24.6. The van der Waals surface area contributed by atoms with Gasteiger partial charge < -0.3 is 29.6 Å². The van der Waals surface area contributed by atoms with Gasteiger partial charge in [-0.15, -0.1) is 0 Å². The fourth-order valence-corrected chi connectivity index (χ4v) is 4.93. The van der Waals surface area contributed by atoms with Crippen LogP contribution in [0.15, 0.2) is 42.5 Å². The molecule has 2 aromatic carbocycles. The van der Waals surface area contributed by atoms with Gasteiger partial charge in [0.1, 0.15) is 17.6 Å². The van der Waals surface area contributed by atoms with Crippen molar-refractivity contribution in [1.29, 1.82) is 0 Å². The number of nitrogens with zero attached hydrogens (tertiary/aromatic N) is 2. The average molecular weight is 491 g/mol. The maximum atomic E-state index is 12.5. The lowest BCUT2D eigenvalue weighted by Crippen LogP contribution is -2.32. The van der Waals surface area contributed by atoms with Crippen molar-refractivity contribution in [1.82, 2.24) is 10.3 Å².